The average molecular weight is 1610 g/mol. The van der Waals surface area contributed by atoms with Gasteiger partial charge >= 0.3 is 146 Å². The third-order valence-corrected chi connectivity index (χ3v) is 89.2. The first-order valence-electron chi connectivity index (χ1n) is 34.1. The summed E-state index contributed by atoms with van der Waals surface area (Å²) in [5, 5.41) is 0. The van der Waals surface area contributed by atoms with Gasteiger partial charge in [-0.3, -0.25) is 0 Å². The molecular formula is C53H138O19Si19. The van der Waals surface area contributed by atoms with E-state index in [4.69, 9.17) is 78.8 Å². The summed E-state index contributed by atoms with van der Waals surface area (Å²) in [5.74, 6) is 2.07. The summed E-state index contributed by atoms with van der Waals surface area (Å²) in [5.41, 5.74) is 0.426. The van der Waals surface area contributed by atoms with Crippen LogP contribution in [0.1, 0.15) is 51.4 Å². The Bertz CT molecular complexity index is 2390. The zero-order valence-electron chi connectivity index (χ0n) is 65.1. The number of fused-ring (bicyclic) bond motifs is 3. The van der Waals surface area contributed by atoms with Gasteiger partial charge in [0, 0.05) is 5.54 Å². The Morgan fingerprint density at radius 2 is 0.527 bits per heavy atom. The van der Waals surface area contributed by atoms with Crippen LogP contribution in [0.5, 0.6) is 0 Å². The maximum Gasteiger partial charge on any atom is 0.320 e. The fraction of sp³-hybridized carbons (Fsp3) is 1.00. The van der Waals surface area contributed by atoms with Gasteiger partial charge in [-0.15, -0.1) is 0 Å². The van der Waals surface area contributed by atoms with E-state index in [9.17, 15) is 0 Å². The largest absolute Gasteiger partial charge is 0.437 e. The summed E-state index contributed by atoms with van der Waals surface area (Å²) in [6, 6.07) is 0.992. The third-order valence-electron chi connectivity index (χ3n) is 15.4. The van der Waals surface area contributed by atoms with Gasteiger partial charge in [0.15, 0.2) is 16.6 Å². The van der Waals surface area contributed by atoms with Crippen LogP contribution in [0.4, 0.5) is 0 Å². The van der Waals surface area contributed by atoms with E-state index < -0.39 is 162 Å². The number of hydrogen-bond acceptors (Lipinski definition) is 19. The molecule has 0 aromatic rings. The van der Waals surface area contributed by atoms with Crippen LogP contribution >= 0.6 is 0 Å². The normalized spacial score (nSPS) is 24.2. The van der Waals surface area contributed by atoms with Gasteiger partial charge in [-0.2, -0.15) is 0 Å². The number of ether oxygens (including phenoxy) is 1. The molecule has 1 heterocycles. The van der Waals surface area contributed by atoms with E-state index in [2.05, 4.69) is 249 Å². The lowest BCUT2D eigenvalue weighted by molar-refractivity contribution is 0.239. The van der Waals surface area contributed by atoms with Crippen LogP contribution < -0.4 is 0 Å². The van der Waals surface area contributed by atoms with Gasteiger partial charge < -0.3 is 78.8 Å². The van der Waals surface area contributed by atoms with Crippen molar-refractivity contribution in [2.75, 3.05) is 0 Å². The van der Waals surface area contributed by atoms with E-state index in [1.54, 1.807) is 0 Å². The van der Waals surface area contributed by atoms with Crippen LogP contribution in [-0.2, 0) is 78.8 Å². The van der Waals surface area contributed by atoms with Crippen molar-refractivity contribution in [1.82, 2.24) is 0 Å². The first-order valence-corrected chi connectivity index (χ1v) is 88.1. The Morgan fingerprint density at radius 3 is 0.769 bits per heavy atom. The van der Waals surface area contributed by atoms with Crippen molar-refractivity contribution < 1.29 is 78.8 Å². The molecule has 1 saturated heterocycles. The second kappa shape index (κ2) is 29.8. The highest BCUT2D eigenvalue weighted by Crippen LogP contribution is 2.57. The summed E-state index contributed by atoms with van der Waals surface area (Å²) in [6.07, 6.45) is 10.8. The molecule has 4 aliphatic rings. The topological polar surface area (TPSA) is 179 Å². The highest BCUT2D eigenvalue weighted by atomic mass is 28.6. The van der Waals surface area contributed by atoms with Crippen molar-refractivity contribution in [2.24, 2.45) is 17.8 Å². The van der Waals surface area contributed by atoms with Gasteiger partial charge in [0.2, 0.25) is 0 Å². The zero-order chi connectivity index (χ0) is 70.8. The molecule has 38 heteroatoms. The molecule has 3 saturated carbocycles. The summed E-state index contributed by atoms with van der Waals surface area (Å²) in [7, 11) is -51.3. The Labute approximate surface area is 578 Å². The van der Waals surface area contributed by atoms with Crippen LogP contribution in [-0.4, -0.2) is 174 Å². The Morgan fingerprint density at radius 1 is 0.253 bits per heavy atom. The van der Waals surface area contributed by atoms with Crippen molar-refractivity contribution in [1.29, 1.82) is 0 Å². The minimum atomic E-state index is -2.89. The maximum absolute atomic E-state index is 7.80. The van der Waals surface area contributed by atoms with E-state index in [-0.39, 0.29) is 0 Å². The van der Waals surface area contributed by atoms with E-state index in [1.165, 1.54) is 44.9 Å². The Balaban J connectivity index is 1.35. The van der Waals surface area contributed by atoms with E-state index >= 15 is 0 Å². The van der Waals surface area contributed by atoms with Crippen molar-refractivity contribution in [2.45, 2.75) is 324 Å². The number of hydrogen-bond donors (Lipinski definition) is 0. The number of rotatable bonds is 40. The van der Waals surface area contributed by atoms with Crippen LogP contribution in [0.2, 0.25) is 260 Å². The first kappa shape index (κ1) is 86.8. The summed E-state index contributed by atoms with van der Waals surface area (Å²) in [4.78, 5) is 0. The highest BCUT2D eigenvalue weighted by molar-refractivity contribution is 6.96. The fourth-order valence-corrected chi connectivity index (χ4v) is 115. The monoisotopic (exact) mass is 1610 g/mol. The highest BCUT2D eigenvalue weighted by Gasteiger charge is 2.60. The first-order chi connectivity index (χ1) is 39.8. The van der Waals surface area contributed by atoms with Crippen LogP contribution in [0, 0.1) is 17.8 Å². The lowest BCUT2D eigenvalue weighted by Crippen LogP contribution is -2.64. The molecule has 0 radical (unpaired) electrons. The van der Waals surface area contributed by atoms with Gasteiger partial charge in [0.05, 0.1) is 12.2 Å². The van der Waals surface area contributed by atoms with Crippen LogP contribution in [0.25, 0.3) is 0 Å². The summed E-state index contributed by atoms with van der Waals surface area (Å²) >= 11 is 0. The molecule has 0 aromatic carbocycles. The lowest BCUT2D eigenvalue weighted by Gasteiger charge is -2.48. The van der Waals surface area contributed by atoms with Crippen molar-refractivity contribution in [3.05, 3.63) is 0 Å². The average Bonchev–Trinajstić information content (AvgIpc) is 1.76. The maximum atomic E-state index is 7.80. The van der Waals surface area contributed by atoms with Crippen molar-refractivity contribution in [3.8, 4) is 0 Å². The molecule has 3 aliphatic carbocycles. The van der Waals surface area contributed by atoms with Gasteiger partial charge in [0.1, 0.15) is 0 Å². The predicted molar refractivity (Wildman–Crippen MR) is 416 cm³/mol. The molecular weight excluding hydrogens is 1470 g/mol. The second-order valence-electron chi connectivity index (χ2n) is 35.9. The van der Waals surface area contributed by atoms with Gasteiger partial charge in [-0.05, 0) is 311 Å². The molecule has 8 unspecified atom stereocenters. The quantitative estimate of drug-likeness (QED) is 0.0417. The van der Waals surface area contributed by atoms with Gasteiger partial charge in [-0.1, -0.05) is 12.8 Å². The SMILES string of the molecule is C[Si](C)(C)O[Si](C)(C)O[Si](C)(C)O[Si](C)(C)O[Si](C)(C)O[Si](C)(C)O[Si](C)(C)O[Si](C)(C)O[Si](C)(C)O[Si](C)(C)O[Si](C)(C)O[Si](C)(C)O[Si](C)(C)O[Si](C)(C)O[Si](C)(C)O[Si](C)(C)O[Si](C)(O[Si](C)(CCC1CCC2OC2C1)O[Si](C)(C)C)C1CC2CCC1C2. The standard InChI is InChI=1S/C53H138O19Si19/c1-73(2,3)55-75(7,8)57-76(9,10)58-77(11,12)59-78(13,14)60-79(15,16)61-80(17,18)62-81(19,20)63-82(21,22)64-83(23,24)65-84(25,26)66-85(27,28)67-86(29,30)68-87(31,32)69-88(33,34)70-89(35,36)71-91(38,53-47-49-39-41-50(53)45-49)72-90(37,56-74(4,5)6)44-43-48-40-42-51-52(46-48)54-51/h48-53H,39-47H2,1-38H3. The molecule has 0 spiro atoms. The lowest BCUT2D eigenvalue weighted by atomic mass is 9.88. The molecule has 91 heavy (non-hydrogen) atoms. The van der Waals surface area contributed by atoms with Crippen molar-refractivity contribution in [3.63, 3.8) is 0 Å². The zero-order valence-corrected chi connectivity index (χ0v) is 84.1. The molecule has 2 bridgehead atoms. The minimum Gasteiger partial charge on any atom is -0.437 e. The van der Waals surface area contributed by atoms with Gasteiger partial charge in [-0.25, -0.2) is 0 Å². The summed E-state index contributed by atoms with van der Waals surface area (Å²) in [6.45, 7) is 81.2. The van der Waals surface area contributed by atoms with E-state index in [0.717, 1.165) is 18.4 Å². The molecule has 0 N–H and O–H groups in total. The smallest absolute Gasteiger partial charge is 0.320 e. The molecule has 4 fully saturated rings. The molecule has 19 nitrogen and oxygen atoms in total. The fourth-order valence-electron chi connectivity index (χ4n) is 16.3. The second-order valence-corrected chi connectivity index (χ2v) is 107. The van der Waals surface area contributed by atoms with Gasteiger partial charge in [0.25, 0.3) is 0 Å². The molecule has 0 aromatic heterocycles. The summed E-state index contributed by atoms with van der Waals surface area (Å²) < 4.78 is 133. The third kappa shape index (κ3) is 32.3. The van der Waals surface area contributed by atoms with E-state index in [1.807, 2.05) is 0 Å². The Hall–Kier alpha value is 3.36. The van der Waals surface area contributed by atoms with Crippen LogP contribution in [0.15, 0.2) is 0 Å². The van der Waals surface area contributed by atoms with E-state index in [0.29, 0.717) is 29.6 Å². The molecule has 540 valence electrons. The minimum absolute atomic E-state index is 0.426. The van der Waals surface area contributed by atoms with Crippen molar-refractivity contribution >= 4 is 162 Å². The predicted octanol–water partition coefficient (Wildman–Crippen LogP) is 17.8. The molecule has 8 atom stereocenters. The molecule has 4 rings (SSSR count). The van der Waals surface area contributed by atoms with Crippen LogP contribution in [0.3, 0.4) is 0 Å². The molecule has 0 amide bonds. The Kier molecular flexibility index (Phi) is 28.5. The number of epoxide rings is 1. The molecule has 1 aliphatic heterocycles.